The minimum Gasteiger partial charge on any atom is -0.496 e. The van der Waals surface area contributed by atoms with Gasteiger partial charge in [-0.1, -0.05) is 15.9 Å². The van der Waals surface area contributed by atoms with Crippen molar-refractivity contribution in [3.8, 4) is 5.75 Å². The molecule has 1 aromatic carbocycles. The van der Waals surface area contributed by atoms with Crippen LogP contribution in [-0.4, -0.2) is 12.2 Å². The van der Waals surface area contributed by atoms with Crippen LogP contribution in [0.4, 0.5) is 13.2 Å². The van der Waals surface area contributed by atoms with Gasteiger partial charge in [0.25, 0.3) is 0 Å². The number of ether oxygens (including phenoxy) is 1. The third-order valence-electron chi connectivity index (χ3n) is 1.88. The van der Waals surface area contributed by atoms with Crippen molar-refractivity contribution in [2.45, 2.75) is 12.8 Å². The fourth-order valence-electron chi connectivity index (χ4n) is 1.25. The molecule has 1 aromatic rings. The van der Waals surface area contributed by atoms with Crippen LogP contribution in [-0.2, 0) is 12.8 Å². The van der Waals surface area contributed by atoms with Crippen molar-refractivity contribution in [3.05, 3.63) is 27.7 Å². The summed E-state index contributed by atoms with van der Waals surface area (Å²) in [5.41, 5.74) is -1.16. The molecule has 1 N–H and O–H groups in total. The van der Waals surface area contributed by atoms with Crippen LogP contribution in [0, 0.1) is 0 Å². The highest BCUT2D eigenvalue weighted by Crippen LogP contribution is 2.40. The molecule has 0 heterocycles. The van der Waals surface area contributed by atoms with E-state index in [4.69, 9.17) is 9.84 Å². The van der Waals surface area contributed by atoms with E-state index in [0.29, 0.717) is 0 Å². The van der Waals surface area contributed by atoms with Gasteiger partial charge in [-0.3, -0.25) is 0 Å². The molecule has 0 spiro atoms. The van der Waals surface area contributed by atoms with E-state index in [-0.39, 0.29) is 15.8 Å². The Labute approximate surface area is 92.8 Å². The predicted molar refractivity (Wildman–Crippen MR) is 51.6 cm³/mol. The van der Waals surface area contributed by atoms with Crippen molar-refractivity contribution in [2.75, 3.05) is 7.11 Å². The maximum absolute atomic E-state index is 12.6. The molecule has 0 atom stereocenters. The third-order valence-corrected chi connectivity index (χ3v) is 2.54. The van der Waals surface area contributed by atoms with E-state index in [1.54, 1.807) is 0 Å². The van der Waals surface area contributed by atoms with Crippen LogP contribution < -0.4 is 4.74 Å². The van der Waals surface area contributed by atoms with E-state index >= 15 is 0 Å². The zero-order chi connectivity index (χ0) is 11.6. The molecule has 0 aliphatic rings. The van der Waals surface area contributed by atoms with Crippen LogP contribution in [0.2, 0.25) is 0 Å². The van der Waals surface area contributed by atoms with E-state index in [0.717, 1.165) is 0 Å². The number of hydrogen-bond acceptors (Lipinski definition) is 2. The second-order valence-corrected chi connectivity index (χ2v) is 3.61. The summed E-state index contributed by atoms with van der Waals surface area (Å²) < 4.78 is 42.5. The molecule has 0 bridgehead atoms. The number of hydrogen-bond donors (Lipinski definition) is 1. The first-order valence-corrected chi connectivity index (χ1v) is 4.74. The van der Waals surface area contributed by atoms with Crippen LogP contribution in [0.15, 0.2) is 16.6 Å². The molecule has 0 fully saturated rings. The lowest BCUT2D eigenvalue weighted by atomic mass is 10.1. The molecular formula is C9H8BrF3O2. The van der Waals surface area contributed by atoms with Gasteiger partial charge in [0.2, 0.25) is 0 Å². The Bertz CT molecular complexity index is 363. The monoisotopic (exact) mass is 284 g/mol. The molecule has 6 heteroatoms. The summed E-state index contributed by atoms with van der Waals surface area (Å²) in [6, 6.07) is 2.60. The zero-order valence-corrected chi connectivity index (χ0v) is 9.32. The van der Waals surface area contributed by atoms with Crippen molar-refractivity contribution < 1.29 is 23.0 Å². The van der Waals surface area contributed by atoms with Gasteiger partial charge in [-0.2, -0.15) is 13.2 Å². The normalized spacial score (nSPS) is 11.6. The fourth-order valence-corrected chi connectivity index (χ4v) is 1.85. The lowest BCUT2D eigenvalue weighted by Crippen LogP contribution is -2.11. The number of benzene rings is 1. The highest BCUT2D eigenvalue weighted by atomic mass is 79.9. The number of halogens is 4. The van der Waals surface area contributed by atoms with E-state index in [1.165, 1.54) is 19.2 Å². The summed E-state index contributed by atoms with van der Waals surface area (Å²) in [5.74, 6) is 0.0213. The van der Waals surface area contributed by atoms with E-state index < -0.39 is 18.3 Å². The highest BCUT2D eigenvalue weighted by Gasteiger charge is 2.36. The maximum atomic E-state index is 12.6. The van der Waals surface area contributed by atoms with E-state index in [9.17, 15) is 13.2 Å². The Morgan fingerprint density at radius 2 is 2.00 bits per heavy atom. The molecule has 0 unspecified atom stereocenters. The third kappa shape index (κ3) is 2.43. The lowest BCUT2D eigenvalue weighted by molar-refractivity contribution is -0.139. The minimum atomic E-state index is -4.52. The molecule has 0 aliphatic carbocycles. The first-order chi connectivity index (χ1) is 6.91. The van der Waals surface area contributed by atoms with Gasteiger partial charge >= 0.3 is 6.18 Å². The smallest absolute Gasteiger partial charge is 0.417 e. The Morgan fingerprint density at radius 1 is 1.40 bits per heavy atom. The van der Waals surface area contributed by atoms with Crippen molar-refractivity contribution in [3.63, 3.8) is 0 Å². The first-order valence-electron chi connectivity index (χ1n) is 3.95. The summed E-state index contributed by atoms with van der Waals surface area (Å²) in [7, 11) is 1.25. The number of rotatable bonds is 2. The quantitative estimate of drug-likeness (QED) is 0.905. The summed E-state index contributed by atoms with van der Waals surface area (Å²) in [4.78, 5) is 0. The fraction of sp³-hybridized carbons (Fsp3) is 0.333. The Balaban J connectivity index is 3.46. The first kappa shape index (κ1) is 12.3. The van der Waals surface area contributed by atoms with Crippen LogP contribution in [0.1, 0.15) is 11.1 Å². The van der Waals surface area contributed by atoms with Gasteiger partial charge in [0.15, 0.2) is 0 Å². The van der Waals surface area contributed by atoms with Gasteiger partial charge in [-0.05, 0) is 12.1 Å². The number of aliphatic hydroxyl groups is 1. The van der Waals surface area contributed by atoms with Gasteiger partial charge in [-0.15, -0.1) is 0 Å². The van der Waals surface area contributed by atoms with Crippen molar-refractivity contribution >= 4 is 15.9 Å². The highest BCUT2D eigenvalue weighted by molar-refractivity contribution is 9.10. The molecule has 0 amide bonds. The summed E-state index contributed by atoms with van der Waals surface area (Å²) >= 11 is 2.80. The van der Waals surface area contributed by atoms with Crippen LogP contribution in [0.3, 0.4) is 0 Å². The van der Waals surface area contributed by atoms with Crippen molar-refractivity contribution in [1.82, 2.24) is 0 Å². The standard InChI is InChI=1S/C9H8BrF3O2/c1-15-7-3-2-6(10)8(5(7)4-14)9(11,12)13/h2-3,14H,4H2,1H3. The Morgan fingerprint density at radius 3 is 2.40 bits per heavy atom. The largest absolute Gasteiger partial charge is 0.496 e. The van der Waals surface area contributed by atoms with Crippen LogP contribution >= 0.6 is 15.9 Å². The predicted octanol–water partition coefficient (Wildman–Crippen LogP) is 2.97. The summed E-state index contributed by atoms with van der Waals surface area (Å²) in [6.07, 6.45) is -4.52. The number of alkyl halides is 3. The molecular weight excluding hydrogens is 277 g/mol. The van der Waals surface area contributed by atoms with Crippen molar-refractivity contribution in [2.24, 2.45) is 0 Å². The molecule has 15 heavy (non-hydrogen) atoms. The van der Waals surface area contributed by atoms with Gasteiger partial charge in [0.05, 0.1) is 19.3 Å². The molecule has 0 saturated heterocycles. The second kappa shape index (κ2) is 4.40. The average molecular weight is 285 g/mol. The van der Waals surface area contributed by atoms with Crippen LogP contribution in [0.5, 0.6) is 5.75 Å². The van der Waals surface area contributed by atoms with E-state index in [1.807, 2.05) is 0 Å². The minimum absolute atomic E-state index is 0.0213. The SMILES string of the molecule is COc1ccc(Br)c(C(F)(F)F)c1CO. The molecule has 0 saturated carbocycles. The summed E-state index contributed by atoms with van der Waals surface area (Å²) in [5, 5.41) is 8.92. The molecule has 0 aromatic heterocycles. The molecule has 0 radical (unpaired) electrons. The lowest BCUT2D eigenvalue weighted by Gasteiger charge is -2.16. The average Bonchev–Trinajstić information content (AvgIpc) is 2.15. The molecule has 2 nitrogen and oxygen atoms in total. The maximum Gasteiger partial charge on any atom is 0.417 e. The van der Waals surface area contributed by atoms with Gasteiger partial charge in [0.1, 0.15) is 5.75 Å². The number of methoxy groups -OCH3 is 1. The van der Waals surface area contributed by atoms with Crippen molar-refractivity contribution in [1.29, 1.82) is 0 Å². The van der Waals surface area contributed by atoms with Gasteiger partial charge in [-0.25, -0.2) is 0 Å². The Kier molecular flexibility index (Phi) is 3.62. The van der Waals surface area contributed by atoms with Gasteiger partial charge in [0, 0.05) is 10.0 Å². The summed E-state index contributed by atoms with van der Waals surface area (Å²) in [6.45, 7) is -0.725. The molecule has 1 rings (SSSR count). The zero-order valence-electron chi connectivity index (χ0n) is 7.73. The van der Waals surface area contributed by atoms with Crippen LogP contribution in [0.25, 0.3) is 0 Å². The Hall–Kier alpha value is -0.750. The van der Waals surface area contributed by atoms with E-state index in [2.05, 4.69) is 15.9 Å². The van der Waals surface area contributed by atoms with Gasteiger partial charge < -0.3 is 9.84 Å². The number of aliphatic hydroxyl groups excluding tert-OH is 1. The topological polar surface area (TPSA) is 29.5 Å². The second-order valence-electron chi connectivity index (χ2n) is 2.76. The molecule has 84 valence electrons. The molecule has 0 aliphatic heterocycles.